The zero-order valence-corrected chi connectivity index (χ0v) is 13.9. The maximum Gasteiger partial charge on any atom is 0.288 e. The van der Waals surface area contributed by atoms with Gasteiger partial charge in [0.25, 0.3) is 11.6 Å². The number of hydrogen-bond donors (Lipinski definition) is 2. The summed E-state index contributed by atoms with van der Waals surface area (Å²) < 4.78 is 1.75. The molecule has 0 saturated heterocycles. The van der Waals surface area contributed by atoms with Crippen LogP contribution in [0.4, 0.5) is 11.5 Å². The quantitative estimate of drug-likeness (QED) is 0.517. The third-order valence-electron chi connectivity index (χ3n) is 3.76. The second-order valence-electron chi connectivity index (χ2n) is 5.59. The number of aryl methyl sites for hydroxylation is 1. The predicted molar refractivity (Wildman–Crippen MR) is 95.0 cm³/mol. The lowest BCUT2D eigenvalue weighted by atomic mass is 10.1. The van der Waals surface area contributed by atoms with Crippen LogP contribution in [-0.2, 0) is 6.54 Å². The van der Waals surface area contributed by atoms with Crippen LogP contribution in [-0.4, -0.2) is 25.6 Å². The summed E-state index contributed by atoms with van der Waals surface area (Å²) in [6.07, 6.45) is 2.94. The van der Waals surface area contributed by atoms with Crippen LogP contribution >= 0.6 is 0 Å². The molecule has 0 aliphatic heterocycles. The Morgan fingerprint density at radius 1 is 1.35 bits per heavy atom. The molecule has 0 unspecified atom stereocenters. The molecule has 2 heterocycles. The fraction of sp³-hybridized carbons (Fsp3) is 0.118. The van der Waals surface area contributed by atoms with Crippen LogP contribution in [0.3, 0.4) is 0 Å². The van der Waals surface area contributed by atoms with Gasteiger partial charge in [0, 0.05) is 18.8 Å². The molecule has 3 N–H and O–H groups in total. The van der Waals surface area contributed by atoms with E-state index in [0.29, 0.717) is 6.54 Å². The summed E-state index contributed by atoms with van der Waals surface area (Å²) in [5, 5.41) is 18.3. The first-order valence-electron chi connectivity index (χ1n) is 7.74. The van der Waals surface area contributed by atoms with Gasteiger partial charge >= 0.3 is 0 Å². The van der Waals surface area contributed by atoms with E-state index in [1.165, 1.54) is 0 Å². The Hall–Kier alpha value is -3.75. The van der Waals surface area contributed by atoms with Crippen LogP contribution in [0.5, 0.6) is 0 Å². The molecule has 9 heteroatoms. The van der Waals surface area contributed by atoms with Gasteiger partial charge in [0.05, 0.1) is 21.9 Å². The van der Waals surface area contributed by atoms with Crippen LogP contribution in [0.25, 0.3) is 5.69 Å². The molecule has 0 aliphatic carbocycles. The lowest BCUT2D eigenvalue weighted by Crippen LogP contribution is -2.16. The third kappa shape index (κ3) is 3.51. The lowest BCUT2D eigenvalue weighted by molar-refractivity contribution is -0.385. The Labute approximate surface area is 148 Å². The van der Waals surface area contributed by atoms with Gasteiger partial charge in [-0.05, 0) is 24.6 Å². The Bertz CT molecular complexity index is 982. The summed E-state index contributed by atoms with van der Waals surface area (Å²) in [6.45, 7) is 2.23. The van der Waals surface area contributed by atoms with Gasteiger partial charge < -0.3 is 11.1 Å². The summed E-state index contributed by atoms with van der Waals surface area (Å²) in [6, 6.07) is 10.6. The normalized spacial score (nSPS) is 10.5. The predicted octanol–water partition coefficient (Wildman–Crippen LogP) is 2.19. The molecule has 0 atom stereocenters. The number of carbonyl (C=O) groups excluding carboxylic acids is 1. The van der Waals surface area contributed by atoms with Crippen LogP contribution in [0, 0.1) is 17.0 Å². The van der Waals surface area contributed by atoms with Crippen molar-refractivity contribution in [2.24, 2.45) is 5.73 Å². The van der Waals surface area contributed by atoms with Crippen molar-refractivity contribution < 1.29 is 9.72 Å². The third-order valence-corrected chi connectivity index (χ3v) is 3.76. The summed E-state index contributed by atoms with van der Waals surface area (Å²) in [4.78, 5) is 25.8. The second-order valence-corrected chi connectivity index (χ2v) is 5.59. The topological polar surface area (TPSA) is 129 Å². The molecule has 0 spiro atoms. The van der Waals surface area contributed by atoms with E-state index in [2.05, 4.69) is 15.4 Å². The first-order valence-corrected chi connectivity index (χ1v) is 7.74. The largest absolute Gasteiger partial charge is 0.365 e. The van der Waals surface area contributed by atoms with Gasteiger partial charge in [-0.3, -0.25) is 14.9 Å². The van der Waals surface area contributed by atoms with E-state index >= 15 is 0 Å². The van der Waals surface area contributed by atoms with Crippen molar-refractivity contribution in [3.05, 3.63) is 75.7 Å². The minimum atomic E-state index is -0.792. The Balaban J connectivity index is 1.88. The number of pyridine rings is 1. The van der Waals surface area contributed by atoms with Gasteiger partial charge in [0.2, 0.25) is 0 Å². The number of nitrogens with two attached hydrogens (primary N) is 1. The molecule has 1 aromatic carbocycles. The van der Waals surface area contributed by atoms with Crippen LogP contribution in [0.1, 0.15) is 21.6 Å². The molecule has 9 nitrogen and oxygen atoms in total. The van der Waals surface area contributed by atoms with Crippen molar-refractivity contribution in [3.63, 3.8) is 0 Å². The molecular weight excluding hydrogens is 336 g/mol. The van der Waals surface area contributed by atoms with E-state index in [-0.39, 0.29) is 17.1 Å². The molecule has 3 rings (SSSR count). The van der Waals surface area contributed by atoms with Crippen molar-refractivity contribution in [3.8, 4) is 5.69 Å². The molecule has 2 aromatic heterocycles. The molecule has 0 fully saturated rings. The van der Waals surface area contributed by atoms with Crippen molar-refractivity contribution >= 4 is 17.4 Å². The van der Waals surface area contributed by atoms with Gasteiger partial charge in [-0.2, -0.15) is 5.10 Å². The summed E-state index contributed by atoms with van der Waals surface area (Å²) in [7, 11) is 0. The van der Waals surface area contributed by atoms with E-state index in [1.54, 1.807) is 4.68 Å². The average molecular weight is 352 g/mol. The number of aromatic nitrogens is 3. The van der Waals surface area contributed by atoms with E-state index in [1.807, 2.05) is 43.5 Å². The number of carbonyl (C=O) groups is 1. The van der Waals surface area contributed by atoms with Gasteiger partial charge in [-0.1, -0.05) is 18.2 Å². The highest BCUT2D eigenvalue weighted by Crippen LogP contribution is 2.21. The van der Waals surface area contributed by atoms with E-state index in [9.17, 15) is 14.9 Å². The molecule has 0 aliphatic rings. The summed E-state index contributed by atoms with van der Waals surface area (Å²) in [5.74, 6) is -0.603. The first kappa shape index (κ1) is 17.1. The monoisotopic (exact) mass is 352 g/mol. The zero-order chi connectivity index (χ0) is 18.7. The highest BCUT2D eigenvalue weighted by molar-refractivity contribution is 5.98. The van der Waals surface area contributed by atoms with Crippen molar-refractivity contribution in [2.45, 2.75) is 13.5 Å². The van der Waals surface area contributed by atoms with Gasteiger partial charge in [-0.25, -0.2) is 9.67 Å². The maximum atomic E-state index is 11.6. The number of nitrogens with one attached hydrogen (secondary N) is 1. The van der Waals surface area contributed by atoms with E-state index < -0.39 is 10.8 Å². The SMILES string of the molecule is Cc1ccn(-c2ccccc2CNc2ncc([N+](=O)[O-])cc2C(N)=O)n1. The molecule has 0 bridgehead atoms. The van der Waals surface area contributed by atoms with E-state index in [4.69, 9.17) is 5.73 Å². The van der Waals surface area contributed by atoms with Crippen LogP contribution in [0.2, 0.25) is 0 Å². The Morgan fingerprint density at radius 2 is 2.12 bits per heavy atom. The molecule has 132 valence electrons. The Kier molecular flexibility index (Phi) is 4.61. The number of rotatable bonds is 6. The van der Waals surface area contributed by atoms with Gasteiger partial charge in [0.1, 0.15) is 12.0 Å². The molecule has 3 aromatic rings. The summed E-state index contributed by atoms with van der Waals surface area (Å²) >= 11 is 0. The fourth-order valence-corrected chi connectivity index (χ4v) is 2.49. The van der Waals surface area contributed by atoms with Gasteiger partial charge in [0.15, 0.2) is 0 Å². The Morgan fingerprint density at radius 3 is 2.77 bits per heavy atom. The number of amides is 1. The van der Waals surface area contributed by atoms with Crippen molar-refractivity contribution in [1.82, 2.24) is 14.8 Å². The number of para-hydroxylation sites is 1. The minimum absolute atomic E-state index is 0.0355. The molecular formula is C17H16N6O3. The number of primary amides is 1. The smallest absolute Gasteiger partial charge is 0.288 e. The fourth-order valence-electron chi connectivity index (χ4n) is 2.49. The standard InChI is InChI=1S/C17H16N6O3/c1-11-6-7-22(21-11)15-5-3-2-4-12(15)9-19-17-14(16(18)24)8-13(10-20-17)23(25)26/h2-8,10H,9H2,1H3,(H2,18,24)(H,19,20). The molecule has 26 heavy (non-hydrogen) atoms. The maximum absolute atomic E-state index is 11.6. The van der Waals surface area contributed by atoms with Crippen LogP contribution < -0.4 is 11.1 Å². The highest BCUT2D eigenvalue weighted by atomic mass is 16.6. The van der Waals surface area contributed by atoms with Crippen molar-refractivity contribution in [2.75, 3.05) is 5.32 Å². The number of nitrogens with zero attached hydrogens (tertiary/aromatic N) is 4. The molecule has 0 saturated carbocycles. The number of benzene rings is 1. The van der Waals surface area contributed by atoms with Crippen molar-refractivity contribution in [1.29, 1.82) is 0 Å². The van der Waals surface area contributed by atoms with Crippen LogP contribution in [0.15, 0.2) is 48.8 Å². The first-order chi connectivity index (χ1) is 12.5. The number of nitro groups is 1. The lowest BCUT2D eigenvalue weighted by Gasteiger charge is -2.12. The van der Waals surface area contributed by atoms with Gasteiger partial charge in [-0.15, -0.1) is 0 Å². The minimum Gasteiger partial charge on any atom is -0.365 e. The summed E-state index contributed by atoms with van der Waals surface area (Å²) in [5.41, 5.74) is 7.66. The van der Waals surface area contributed by atoms with E-state index in [0.717, 1.165) is 29.2 Å². The molecule has 1 amide bonds. The average Bonchev–Trinajstić information content (AvgIpc) is 3.06. The second kappa shape index (κ2) is 7.01. The number of anilines is 1. The highest BCUT2D eigenvalue weighted by Gasteiger charge is 2.16. The zero-order valence-electron chi connectivity index (χ0n) is 13.9. The number of hydrogen-bond acceptors (Lipinski definition) is 6. The molecule has 0 radical (unpaired) electrons.